The zero-order valence-corrected chi connectivity index (χ0v) is 8.53. The van der Waals surface area contributed by atoms with Crippen molar-refractivity contribution in [1.82, 2.24) is 4.90 Å². The molecule has 2 amide bonds. The molecule has 0 aromatic carbocycles. The molecule has 78 valence electrons. The van der Waals surface area contributed by atoms with Crippen LogP contribution >= 0.6 is 11.6 Å². The fourth-order valence-electron chi connectivity index (χ4n) is 1.46. The SMILES string of the molecule is O=C(Cl)N1CCC(=Cc2ccco2)C1=O. The van der Waals surface area contributed by atoms with E-state index in [1.165, 1.54) is 6.26 Å². The van der Waals surface area contributed by atoms with Crippen LogP contribution in [0.4, 0.5) is 4.79 Å². The van der Waals surface area contributed by atoms with Crippen molar-refractivity contribution in [2.75, 3.05) is 6.54 Å². The summed E-state index contributed by atoms with van der Waals surface area (Å²) < 4.78 is 5.07. The molecule has 5 heteroatoms. The number of hydrogen-bond acceptors (Lipinski definition) is 3. The molecule has 1 aliphatic heterocycles. The maximum absolute atomic E-state index is 11.6. The Morgan fingerprint density at radius 1 is 1.60 bits per heavy atom. The van der Waals surface area contributed by atoms with Gasteiger partial charge in [-0.1, -0.05) is 0 Å². The molecule has 0 unspecified atom stereocenters. The molecule has 0 aliphatic carbocycles. The fraction of sp³-hybridized carbons (Fsp3) is 0.200. The van der Waals surface area contributed by atoms with Gasteiger partial charge in [-0.3, -0.25) is 14.5 Å². The highest BCUT2D eigenvalue weighted by molar-refractivity contribution is 6.64. The number of furan rings is 1. The van der Waals surface area contributed by atoms with Gasteiger partial charge in [0.1, 0.15) is 5.76 Å². The van der Waals surface area contributed by atoms with E-state index in [2.05, 4.69) is 0 Å². The zero-order valence-electron chi connectivity index (χ0n) is 7.77. The molecular formula is C10H8ClNO3. The van der Waals surface area contributed by atoms with Gasteiger partial charge in [-0.2, -0.15) is 0 Å². The summed E-state index contributed by atoms with van der Waals surface area (Å²) in [4.78, 5) is 23.4. The van der Waals surface area contributed by atoms with E-state index in [9.17, 15) is 9.59 Å². The molecule has 1 aromatic rings. The second-order valence-electron chi connectivity index (χ2n) is 3.14. The first-order chi connectivity index (χ1) is 7.18. The van der Waals surface area contributed by atoms with E-state index in [1.54, 1.807) is 18.2 Å². The molecule has 0 radical (unpaired) electrons. The lowest BCUT2D eigenvalue weighted by atomic mass is 10.2. The van der Waals surface area contributed by atoms with Crippen LogP contribution < -0.4 is 0 Å². The van der Waals surface area contributed by atoms with Gasteiger partial charge in [0, 0.05) is 12.1 Å². The number of amides is 2. The van der Waals surface area contributed by atoms with Gasteiger partial charge in [-0.05, 0) is 36.2 Å². The van der Waals surface area contributed by atoms with E-state index in [1.807, 2.05) is 0 Å². The number of carbonyl (C=O) groups excluding carboxylic acids is 2. The van der Waals surface area contributed by atoms with Crippen LogP contribution in [0, 0.1) is 0 Å². The van der Waals surface area contributed by atoms with Crippen LogP contribution in [0.2, 0.25) is 0 Å². The summed E-state index contributed by atoms with van der Waals surface area (Å²) in [7, 11) is 0. The molecule has 0 bridgehead atoms. The van der Waals surface area contributed by atoms with Crippen molar-refractivity contribution in [3.8, 4) is 0 Å². The Bertz CT molecular complexity index is 422. The Morgan fingerprint density at radius 2 is 2.40 bits per heavy atom. The summed E-state index contributed by atoms with van der Waals surface area (Å²) in [6, 6.07) is 3.47. The lowest BCUT2D eigenvalue weighted by Gasteiger charge is -2.06. The summed E-state index contributed by atoms with van der Waals surface area (Å²) in [5.74, 6) is 0.258. The first-order valence-electron chi connectivity index (χ1n) is 4.44. The monoisotopic (exact) mass is 225 g/mol. The first kappa shape index (κ1) is 9.98. The van der Waals surface area contributed by atoms with Gasteiger partial charge < -0.3 is 4.42 Å². The van der Waals surface area contributed by atoms with Gasteiger partial charge in [0.05, 0.1) is 6.26 Å². The third-order valence-electron chi connectivity index (χ3n) is 2.20. The van der Waals surface area contributed by atoms with Crippen molar-refractivity contribution in [2.24, 2.45) is 0 Å². The molecule has 1 aliphatic rings. The lowest BCUT2D eigenvalue weighted by molar-refractivity contribution is -0.121. The van der Waals surface area contributed by atoms with Crippen LogP contribution in [-0.2, 0) is 4.79 Å². The highest BCUT2D eigenvalue weighted by Gasteiger charge is 2.29. The van der Waals surface area contributed by atoms with Gasteiger partial charge in [-0.15, -0.1) is 0 Å². The average Bonchev–Trinajstić information content (AvgIpc) is 2.78. The quantitative estimate of drug-likeness (QED) is 0.419. The predicted molar refractivity (Wildman–Crippen MR) is 54.3 cm³/mol. The number of hydrogen-bond donors (Lipinski definition) is 0. The molecular weight excluding hydrogens is 218 g/mol. The Balaban J connectivity index is 2.20. The minimum Gasteiger partial charge on any atom is -0.465 e. The maximum Gasteiger partial charge on any atom is 0.323 e. The van der Waals surface area contributed by atoms with Gasteiger partial charge >= 0.3 is 5.37 Å². The molecule has 0 N–H and O–H groups in total. The predicted octanol–water partition coefficient (Wildman–Crippen LogP) is 2.25. The van der Waals surface area contributed by atoms with Crippen LogP contribution in [0.15, 0.2) is 28.4 Å². The van der Waals surface area contributed by atoms with Crippen LogP contribution in [0.5, 0.6) is 0 Å². The van der Waals surface area contributed by atoms with Crippen molar-refractivity contribution >= 4 is 29.0 Å². The fourth-order valence-corrected chi connectivity index (χ4v) is 1.62. The van der Waals surface area contributed by atoms with E-state index >= 15 is 0 Å². The number of nitrogens with zero attached hydrogens (tertiary/aromatic N) is 1. The molecule has 0 saturated carbocycles. The molecule has 1 fully saturated rings. The van der Waals surface area contributed by atoms with E-state index < -0.39 is 5.37 Å². The molecule has 0 atom stereocenters. The van der Waals surface area contributed by atoms with Gasteiger partial charge in [0.25, 0.3) is 5.91 Å². The lowest BCUT2D eigenvalue weighted by Crippen LogP contribution is -2.27. The van der Waals surface area contributed by atoms with Crippen LogP contribution in [0.1, 0.15) is 12.2 Å². The van der Waals surface area contributed by atoms with Crippen molar-refractivity contribution in [3.63, 3.8) is 0 Å². The van der Waals surface area contributed by atoms with Crippen molar-refractivity contribution in [1.29, 1.82) is 0 Å². The van der Waals surface area contributed by atoms with Gasteiger partial charge in [-0.25, -0.2) is 0 Å². The Morgan fingerprint density at radius 3 is 2.93 bits per heavy atom. The maximum atomic E-state index is 11.6. The third kappa shape index (κ3) is 1.94. The van der Waals surface area contributed by atoms with Crippen molar-refractivity contribution in [3.05, 3.63) is 29.7 Å². The Labute approximate surface area is 91.1 Å². The average molecular weight is 226 g/mol. The number of rotatable bonds is 1. The standard InChI is InChI=1S/C10H8ClNO3/c11-10(14)12-4-3-7(9(12)13)6-8-2-1-5-15-8/h1-2,5-6H,3-4H2. The van der Waals surface area contributed by atoms with E-state index in [0.29, 0.717) is 24.3 Å². The molecule has 0 spiro atoms. The highest BCUT2D eigenvalue weighted by atomic mass is 35.5. The van der Waals surface area contributed by atoms with Crippen molar-refractivity contribution < 1.29 is 14.0 Å². The third-order valence-corrected chi connectivity index (χ3v) is 2.40. The Kier molecular flexibility index (Phi) is 2.60. The van der Waals surface area contributed by atoms with Crippen LogP contribution in [0.25, 0.3) is 6.08 Å². The number of carbonyl (C=O) groups is 2. The van der Waals surface area contributed by atoms with Crippen molar-refractivity contribution in [2.45, 2.75) is 6.42 Å². The second-order valence-corrected chi connectivity index (χ2v) is 3.47. The minimum atomic E-state index is -0.733. The number of imide groups is 1. The summed E-state index contributed by atoms with van der Waals surface area (Å²) in [6.45, 7) is 0.341. The van der Waals surface area contributed by atoms with Gasteiger partial charge in [0.15, 0.2) is 0 Å². The van der Waals surface area contributed by atoms with E-state index in [4.69, 9.17) is 16.0 Å². The topological polar surface area (TPSA) is 50.5 Å². The summed E-state index contributed by atoms with van der Waals surface area (Å²) in [5, 5.41) is -0.733. The molecule has 1 saturated heterocycles. The first-order valence-corrected chi connectivity index (χ1v) is 4.81. The normalized spacial score (nSPS) is 18.9. The van der Waals surface area contributed by atoms with Crippen LogP contribution in [-0.4, -0.2) is 22.7 Å². The summed E-state index contributed by atoms with van der Waals surface area (Å²) >= 11 is 5.24. The number of likely N-dealkylation sites (tertiary alicyclic amines) is 1. The zero-order chi connectivity index (χ0) is 10.8. The second kappa shape index (κ2) is 3.90. The Hall–Kier alpha value is -1.55. The van der Waals surface area contributed by atoms with Gasteiger partial charge in [0.2, 0.25) is 0 Å². The highest BCUT2D eigenvalue weighted by Crippen LogP contribution is 2.21. The van der Waals surface area contributed by atoms with E-state index in [-0.39, 0.29) is 5.91 Å². The van der Waals surface area contributed by atoms with E-state index in [0.717, 1.165) is 4.90 Å². The molecule has 4 nitrogen and oxygen atoms in total. The molecule has 1 aromatic heterocycles. The molecule has 2 heterocycles. The summed E-state index contributed by atoms with van der Waals surface area (Å²) in [5.41, 5.74) is 0.541. The smallest absolute Gasteiger partial charge is 0.323 e. The largest absolute Gasteiger partial charge is 0.465 e. The minimum absolute atomic E-state index is 0.341. The van der Waals surface area contributed by atoms with Crippen LogP contribution in [0.3, 0.4) is 0 Å². The number of halogens is 1. The molecule has 15 heavy (non-hydrogen) atoms. The molecule has 2 rings (SSSR count). The summed E-state index contributed by atoms with van der Waals surface area (Å²) in [6.07, 6.45) is 3.66.